The Morgan fingerprint density at radius 1 is 1.09 bits per heavy atom. The second-order valence-electron chi connectivity index (χ2n) is 6.07. The van der Waals surface area contributed by atoms with Crippen LogP contribution in [-0.4, -0.2) is 26.6 Å². The van der Waals surface area contributed by atoms with Crippen LogP contribution in [0.1, 0.15) is 44.9 Å². The van der Waals surface area contributed by atoms with E-state index in [9.17, 15) is 13.2 Å². The van der Waals surface area contributed by atoms with Gasteiger partial charge in [0.25, 0.3) is 0 Å². The molecule has 1 fully saturated rings. The van der Waals surface area contributed by atoms with Gasteiger partial charge in [0.2, 0.25) is 5.91 Å². The first kappa shape index (κ1) is 17.0. The average molecular weight is 323 g/mol. The van der Waals surface area contributed by atoms with Crippen LogP contribution in [0.5, 0.6) is 0 Å². The molecular formula is C17H25NO3S. The fourth-order valence-electron chi connectivity index (χ4n) is 3.03. The summed E-state index contributed by atoms with van der Waals surface area (Å²) in [5.74, 6) is -0.0910. The Kier molecular flexibility index (Phi) is 6.43. The third-order valence-corrected chi connectivity index (χ3v) is 5.89. The molecule has 1 aliphatic carbocycles. The lowest BCUT2D eigenvalue weighted by Gasteiger charge is -2.21. The summed E-state index contributed by atoms with van der Waals surface area (Å²) in [4.78, 5) is 12.0. The van der Waals surface area contributed by atoms with Crippen LogP contribution in [0.15, 0.2) is 35.2 Å². The van der Waals surface area contributed by atoms with Gasteiger partial charge in [-0.3, -0.25) is 4.79 Å². The summed E-state index contributed by atoms with van der Waals surface area (Å²) in [7, 11) is -3.53. The first-order valence-corrected chi connectivity index (χ1v) is 9.78. The molecule has 2 rings (SSSR count). The van der Waals surface area contributed by atoms with Gasteiger partial charge in [0.1, 0.15) is 5.75 Å². The first-order chi connectivity index (χ1) is 10.6. The zero-order chi connectivity index (χ0) is 15.8. The summed E-state index contributed by atoms with van der Waals surface area (Å²) in [6, 6.07) is 8.12. The molecule has 1 aliphatic rings. The Labute approximate surface area is 133 Å². The number of hydrogen-bond acceptors (Lipinski definition) is 3. The lowest BCUT2D eigenvalue weighted by molar-refractivity contribution is -0.118. The van der Waals surface area contributed by atoms with Gasteiger partial charge in [-0.05, 0) is 30.9 Å². The molecule has 1 aromatic rings. The summed E-state index contributed by atoms with van der Waals surface area (Å²) < 4.78 is 24.1. The quantitative estimate of drug-likeness (QED) is 0.785. The van der Waals surface area contributed by atoms with Crippen LogP contribution in [0.25, 0.3) is 0 Å². The predicted molar refractivity (Wildman–Crippen MR) is 87.3 cm³/mol. The maximum atomic E-state index is 12.1. The van der Waals surface area contributed by atoms with E-state index < -0.39 is 21.5 Å². The third-order valence-electron chi connectivity index (χ3n) is 4.26. The molecule has 1 saturated carbocycles. The molecule has 1 amide bonds. The highest BCUT2D eigenvalue weighted by molar-refractivity contribution is 7.92. The maximum Gasteiger partial charge on any atom is 0.235 e. The number of amides is 1. The molecule has 0 aromatic heterocycles. The van der Waals surface area contributed by atoms with Gasteiger partial charge in [-0.15, -0.1) is 0 Å². The van der Waals surface area contributed by atoms with Crippen molar-refractivity contribution in [3.8, 4) is 0 Å². The molecule has 22 heavy (non-hydrogen) atoms. The van der Waals surface area contributed by atoms with E-state index in [4.69, 9.17) is 0 Å². The van der Waals surface area contributed by atoms with Crippen molar-refractivity contribution in [2.24, 2.45) is 5.92 Å². The molecule has 4 nitrogen and oxygen atoms in total. The topological polar surface area (TPSA) is 63.2 Å². The maximum absolute atomic E-state index is 12.1. The monoisotopic (exact) mass is 323 g/mol. The van der Waals surface area contributed by atoms with Gasteiger partial charge in [-0.2, -0.15) is 0 Å². The summed E-state index contributed by atoms with van der Waals surface area (Å²) in [6.07, 6.45) is 8.67. The highest BCUT2D eigenvalue weighted by Crippen LogP contribution is 2.26. The smallest absolute Gasteiger partial charge is 0.235 e. The molecule has 1 aromatic carbocycles. The van der Waals surface area contributed by atoms with E-state index in [0.29, 0.717) is 6.54 Å². The van der Waals surface area contributed by atoms with Crippen LogP contribution in [-0.2, 0) is 14.6 Å². The van der Waals surface area contributed by atoms with Crippen molar-refractivity contribution in [3.05, 3.63) is 30.3 Å². The van der Waals surface area contributed by atoms with Crippen LogP contribution >= 0.6 is 0 Å². The summed E-state index contributed by atoms with van der Waals surface area (Å²) >= 11 is 0. The summed E-state index contributed by atoms with van der Waals surface area (Å²) in [5, 5.41) is 2.73. The van der Waals surface area contributed by atoms with Crippen molar-refractivity contribution in [3.63, 3.8) is 0 Å². The van der Waals surface area contributed by atoms with Crippen molar-refractivity contribution < 1.29 is 13.2 Å². The molecule has 0 heterocycles. The number of rotatable bonds is 7. The Morgan fingerprint density at radius 3 is 2.45 bits per heavy atom. The van der Waals surface area contributed by atoms with Crippen LogP contribution < -0.4 is 5.32 Å². The number of hydrogen-bond donors (Lipinski definition) is 1. The summed E-state index contributed by atoms with van der Waals surface area (Å²) in [5.41, 5.74) is 0. The largest absolute Gasteiger partial charge is 0.355 e. The predicted octanol–water partition coefficient (Wildman–Crippen LogP) is 2.94. The minimum Gasteiger partial charge on any atom is -0.355 e. The van der Waals surface area contributed by atoms with Gasteiger partial charge in [-0.25, -0.2) is 8.42 Å². The molecule has 122 valence electrons. The van der Waals surface area contributed by atoms with Crippen molar-refractivity contribution in [1.82, 2.24) is 5.32 Å². The molecule has 0 unspecified atom stereocenters. The van der Waals surface area contributed by atoms with Crippen LogP contribution in [0.4, 0.5) is 0 Å². The molecule has 5 heteroatoms. The van der Waals surface area contributed by atoms with Crippen molar-refractivity contribution >= 4 is 15.7 Å². The Balaban J connectivity index is 1.69. The molecule has 0 atom stereocenters. The second kappa shape index (κ2) is 8.32. The van der Waals surface area contributed by atoms with Crippen LogP contribution in [0.2, 0.25) is 0 Å². The molecule has 0 radical (unpaired) electrons. The minimum absolute atomic E-state index is 0.201. The Hall–Kier alpha value is -1.36. The van der Waals surface area contributed by atoms with Gasteiger partial charge in [-0.1, -0.05) is 50.3 Å². The number of nitrogens with one attached hydrogen (secondary N) is 1. The van der Waals surface area contributed by atoms with E-state index in [0.717, 1.165) is 18.8 Å². The highest BCUT2D eigenvalue weighted by atomic mass is 32.2. The fourth-order valence-corrected chi connectivity index (χ4v) is 4.21. The van der Waals surface area contributed by atoms with E-state index in [2.05, 4.69) is 5.32 Å². The van der Waals surface area contributed by atoms with Crippen molar-refractivity contribution in [1.29, 1.82) is 0 Å². The van der Waals surface area contributed by atoms with Crippen LogP contribution in [0, 0.1) is 5.92 Å². The van der Waals surface area contributed by atoms with E-state index in [1.807, 2.05) is 0 Å². The van der Waals surface area contributed by atoms with Gasteiger partial charge >= 0.3 is 0 Å². The van der Waals surface area contributed by atoms with Crippen LogP contribution in [0.3, 0.4) is 0 Å². The Bertz CT molecular complexity index is 563. The molecular weight excluding hydrogens is 298 g/mol. The van der Waals surface area contributed by atoms with Gasteiger partial charge in [0.15, 0.2) is 9.84 Å². The third kappa shape index (κ3) is 5.44. The molecule has 0 aliphatic heterocycles. The van der Waals surface area contributed by atoms with E-state index in [1.165, 1.54) is 44.2 Å². The number of benzene rings is 1. The zero-order valence-electron chi connectivity index (χ0n) is 13.0. The molecule has 0 spiro atoms. The minimum atomic E-state index is -3.53. The fraction of sp³-hybridized carbons (Fsp3) is 0.588. The first-order valence-electron chi connectivity index (χ1n) is 8.12. The molecule has 1 N–H and O–H groups in total. The lowest BCUT2D eigenvalue weighted by atomic mass is 9.86. The van der Waals surface area contributed by atoms with E-state index >= 15 is 0 Å². The van der Waals surface area contributed by atoms with Gasteiger partial charge in [0.05, 0.1) is 4.90 Å². The molecule has 0 bridgehead atoms. The second-order valence-corrected chi connectivity index (χ2v) is 8.06. The normalized spacial score (nSPS) is 16.4. The molecule has 0 saturated heterocycles. The van der Waals surface area contributed by atoms with Gasteiger partial charge < -0.3 is 5.32 Å². The summed E-state index contributed by atoms with van der Waals surface area (Å²) in [6.45, 7) is 0.569. The van der Waals surface area contributed by atoms with Crippen molar-refractivity contribution in [2.75, 3.05) is 12.3 Å². The standard InChI is InChI=1S/C17H25NO3S/c19-17(14-22(20,21)16-11-5-2-6-12-16)18-13-7-10-15-8-3-1-4-9-15/h2,5-6,11-12,15H,1,3-4,7-10,13-14H2,(H,18,19). The highest BCUT2D eigenvalue weighted by Gasteiger charge is 2.19. The SMILES string of the molecule is O=C(CS(=O)(=O)c1ccccc1)NCCCC1CCCCC1. The number of sulfone groups is 1. The average Bonchev–Trinajstić information content (AvgIpc) is 2.53. The number of carbonyl (C=O) groups is 1. The van der Waals surface area contributed by atoms with E-state index in [-0.39, 0.29) is 4.90 Å². The van der Waals surface area contributed by atoms with Gasteiger partial charge in [0, 0.05) is 6.54 Å². The lowest BCUT2D eigenvalue weighted by Crippen LogP contribution is -2.31. The Morgan fingerprint density at radius 2 is 1.77 bits per heavy atom. The number of carbonyl (C=O) groups excluding carboxylic acids is 1. The van der Waals surface area contributed by atoms with E-state index in [1.54, 1.807) is 18.2 Å². The zero-order valence-corrected chi connectivity index (χ0v) is 13.8. The van der Waals surface area contributed by atoms with Crippen molar-refractivity contribution in [2.45, 2.75) is 49.8 Å².